The van der Waals surface area contributed by atoms with Gasteiger partial charge in [-0.15, -0.1) is 0 Å². The Labute approximate surface area is 131 Å². The molecule has 0 saturated carbocycles. The Balaban J connectivity index is 2.48. The van der Waals surface area contributed by atoms with E-state index in [2.05, 4.69) is 10.6 Å². The van der Waals surface area contributed by atoms with Crippen molar-refractivity contribution < 1.29 is 14.3 Å². The zero-order valence-electron chi connectivity index (χ0n) is 13.0. The third-order valence-electron chi connectivity index (χ3n) is 3.40. The van der Waals surface area contributed by atoms with E-state index in [9.17, 15) is 9.59 Å². The maximum Gasteiger partial charge on any atom is 0.233 e. The Morgan fingerprint density at radius 2 is 1.86 bits per heavy atom. The molecule has 1 fully saturated rings. The van der Waals surface area contributed by atoms with E-state index < -0.39 is 5.41 Å². The van der Waals surface area contributed by atoms with Crippen LogP contribution in [0, 0.1) is 5.41 Å². The van der Waals surface area contributed by atoms with Crippen LogP contribution in [-0.2, 0) is 14.3 Å². The van der Waals surface area contributed by atoms with Crippen LogP contribution in [0.1, 0.15) is 40.0 Å². The van der Waals surface area contributed by atoms with E-state index >= 15 is 0 Å². The summed E-state index contributed by atoms with van der Waals surface area (Å²) < 4.78 is 5.26. The van der Waals surface area contributed by atoms with E-state index in [1.807, 2.05) is 20.8 Å². The number of nitrogens with two attached hydrogens (primary N) is 1. The maximum atomic E-state index is 12.4. The number of ether oxygens (including phenoxy) is 1. The maximum absolute atomic E-state index is 12.4. The van der Waals surface area contributed by atoms with Gasteiger partial charge in [-0.1, -0.05) is 12.2 Å². The minimum absolute atomic E-state index is 0.0980. The lowest BCUT2D eigenvalue weighted by atomic mass is 9.79. The molecule has 0 aromatic carbocycles. The molecule has 21 heavy (non-hydrogen) atoms. The summed E-state index contributed by atoms with van der Waals surface area (Å²) >= 11 is 5.06. The number of amides is 2. The molecule has 2 amide bonds. The number of carbonyl (C=O) groups excluding carboxylic acids is 2. The summed E-state index contributed by atoms with van der Waals surface area (Å²) in [7, 11) is 0. The molecule has 1 heterocycles. The lowest BCUT2D eigenvalue weighted by Crippen LogP contribution is -2.52. The molecule has 120 valence electrons. The van der Waals surface area contributed by atoms with Crippen LogP contribution in [0.4, 0.5) is 0 Å². The second-order valence-corrected chi connectivity index (χ2v) is 6.80. The zero-order chi connectivity index (χ0) is 16.1. The van der Waals surface area contributed by atoms with Crippen molar-refractivity contribution in [3.63, 3.8) is 0 Å². The predicted molar refractivity (Wildman–Crippen MR) is 84.8 cm³/mol. The molecule has 0 aromatic rings. The van der Waals surface area contributed by atoms with Gasteiger partial charge in [-0.25, -0.2) is 0 Å². The van der Waals surface area contributed by atoms with Gasteiger partial charge in [-0.3, -0.25) is 9.59 Å². The fourth-order valence-corrected chi connectivity index (χ4v) is 2.54. The van der Waals surface area contributed by atoms with Crippen LogP contribution in [0.5, 0.6) is 0 Å². The van der Waals surface area contributed by atoms with Gasteiger partial charge in [0.1, 0.15) is 5.41 Å². The highest BCUT2D eigenvalue weighted by molar-refractivity contribution is 7.80. The molecule has 0 aromatic heterocycles. The van der Waals surface area contributed by atoms with Crippen molar-refractivity contribution in [2.75, 3.05) is 19.8 Å². The Morgan fingerprint density at radius 1 is 1.29 bits per heavy atom. The van der Waals surface area contributed by atoms with E-state index in [1.54, 1.807) is 0 Å². The number of thiocarbonyl (C=S) groups is 1. The highest BCUT2D eigenvalue weighted by atomic mass is 32.1. The molecule has 7 heteroatoms. The first kappa shape index (κ1) is 17.8. The lowest BCUT2D eigenvalue weighted by Gasteiger charge is -2.34. The van der Waals surface area contributed by atoms with Crippen molar-refractivity contribution in [1.82, 2.24) is 10.6 Å². The summed E-state index contributed by atoms with van der Waals surface area (Å²) in [5.41, 5.74) is 4.64. The Bertz CT molecular complexity index is 412. The van der Waals surface area contributed by atoms with E-state index in [0.29, 0.717) is 26.1 Å². The smallest absolute Gasteiger partial charge is 0.233 e. The Morgan fingerprint density at radius 3 is 2.33 bits per heavy atom. The molecule has 0 spiro atoms. The molecule has 0 bridgehead atoms. The van der Waals surface area contributed by atoms with Crippen LogP contribution in [0.3, 0.4) is 0 Å². The third-order valence-corrected chi connectivity index (χ3v) is 3.80. The van der Waals surface area contributed by atoms with Crippen LogP contribution in [-0.4, -0.2) is 42.1 Å². The molecular formula is C14H25N3O3S. The monoisotopic (exact) mass is 315 g/mol. The number of carbonyl (C=O) groups is 2. The molecule has 0 atom stereocenters. The number of rotatable bonds is 5. The third kappa shape index (κ3) is 5.24. The predicted octanol–water partition coefficient (Wildman–Crippen LogP) is 0.490. The molecule has 0 radical (unpaired) electrons. The standard InChI is InChI=1S/C14H25N3O3S/c1-13(2,3)17-10(18)4-7-16-12(19)14(11(15)21)5-8-20-9-6-14/h4-9H2,1-3H3,(H2,15,21)(H,16,19)(H,17,18). The molecule has 6 nitrogen and oxygen atoms in total. The van der Waals surface area contributed by atoms with Gasteiger partial charge in [0.15, 0.2) is 0 Å². The molecule has 1 saturated heterocycles. The van der Waals surface area contributed by atoms with E-state index in [0.717, 1.165) is 0 Å². The number of hydrogen-bond acceptors (Lipinski definition) is 4. The zero-order valence-corrected chi connectivity index (χ0v) is 13.8. The molecular weight excluding hydrogens is 290 g/mol. The highest BCUT2D eigenvalue weighted by Crippen LogP contribution is 2.31. The van der Waals surface area contributed by atoms with Crippen molar-refractivity contribution in [1.29, 1.82) is 0 Å². The van der Waals surface area contributed by atoms with Gasteiger partial charge in [-0.2, -0.15) is 0 Å². The SMILES string of the molecule is CC(C)(C)NC(=O)CCNC(=O)C1(C(N)=S)CCOCC1. The average molecular weight is 315 g/mol. The normalized spacial score (nSPS) is 17.9. The summed E-state index contributed by atoms with van der Waals surface area (Å²) in [6.07, 6.45) is 1.21. The average Bonchev–Trinajstić information content (AvgIpc) is 2.37. The Hall–Kier alpha value is -1.21. The van der Waals surface area contributed by atoms with E-state index in [1.165, 1.54) is 0 Å². The molecule has 4 N–H and O–H groups in total. The molecule has 0 aliphatic carbocycles. The van der Waals surface area contributed by atoms with Crippen LogP contribution in [0.25, 0.3) is 0 Å². The summed E-state index contributed by atoms with van der Waals surface area (Å²) in [5, 5.41) is 5.61. The first-order valence-corrected chi connectivity index (χ1v) is 7.55. The molecule has 0 unspecified atom stereocenters. The first-order chi connectivity index (χ1) is 9.67. The number of nitrogens with one attached hydrogen (secondary N) is 2. The Kier molecular flexibility index (Phi) is 6.10. The second kappa shape index (κ2) is 7.17. The minimum Gasteiger partial charge on any atom is -0.392 e. The first-order valence-electron chi connectivity index (χ1n) is 7.14. The van der Waals surface area contributed by atoms with Crippen LogP contribution < -0.4 is 16.4 Å². The van der Waals surface area contributed by atoms with Crippen molar-refractivity contribution in [2.24, 2.45) is 11.1 Å². The van der Waals surface area contributed by atoms with Crippen LogP contribution >= 0.6 is 12.2 Å². The summed E-state index contributed by atoms with van der Waals surface area (Å²) in [4.78, 5) is 24.3. The molecule has 1 aliphatic rings. The minimum atomic E-state index is -0.839. The van der Waals surface area contributed by atoms with Crippen molar-refractivity contribution in [2.45, 2.75) is 45.6 Å². The van der Waals surface area contributed by atoms with Gasteiger partial charge in [0, 0.05) is 31.7 Å². The number of hydrogen-bond donors (Lipinski definition) is 3. The van der Waals surface area contributed by atoms with Crippen molar-refractivity contribution in [3.05, 3.63) is 0 Å². The second-order valence-electron chi connectivity index (χ2n) is 6.36. The van der Waals surface area contributed by atoms with E-state index in [4.69, 9.17) is 22.7 Å². The van der Waals surface area contributed by atoms with Gasteiger partial charge in [0.25, 0.3) is 0 Å². The molecule has 1 rings (SSSR count). The van der Waals surface area contributed by atoms with Crippen molar-refractivity contribution in [3.8, 4) is 0 Å². The highest BCUT2D eigenvalue weighted by Gasteiger charge is 2.42. The van der Waals surface area contributed by atoms with Gasteiger partial charge in [0.05, 0.1) is 4.99 Å². The topological polar surface area (TPSA) is 93.5 Å². The lowest BCUT2D eigenvalue weighted by molar-refractivity contribution is -0.131. The summed E-state index contributed by atoms with van der Waals surface area (Å²) in [6.45, 7) is 6.94. The van der Waals surface area contributed by atoms with Gasteiger partial charge < -0.3 is 21.1 Å². The van der Waals surface area contributed by atoms with Gasteiger partial charge >= 0.3 is 0 Å². The summed E-state index contributed by atoms with van der Waals surface area (Å²) in [6, 6.07) is 0. The van der Waals surface area contributed by atoms with Gasteiger partial charge in [0.2, 0.25) is 11.8 Å². The fourth-order valence-electron chi connectivity index (χ4n) is 2.24. The quantitative estimate of drug-likeness (QED) is 0.642. The molecule has 1 aliphatic heterocycles. The summed E-state index contributed by atoms with van der Waals surface area (Å²) in [5.74, 6) is -0.305. The van der Waals surface area contributed by atoms with Crippen LogP contribution in [0.2, 0.25) is 0 Å². The van der Waals surface area contributed by atoms with Crippen molar-refractivity contribution >= 4 is 29.0 Å². The van der Waals surface area contributed by atoms with Gasteiger partial charge in [-0.05, 0) is 33.6 Å². The van der Waals surface area contributed by atoms with Crippen LogP contribution in [0.15, 0.2) is 0 Å². The largest absolute Gasteiger partial charge is 0.392 e. The fraction of sp³-hybridized carbons (Fsp3) is 0.786. The van der Waals surface area contributed by atoms with E-state index in [-0.39, 0.29) is 35.3 Å².